The Balaban J connectivity index is 4.64. The molecular weight excluding hydrogens is 243 g/mol. The number of ether oxygens (including phenoxy) is 1. The molecule has 100 valence electrons. The Morgan fingerprint density at radius 2 is 1.82 bits per heavy atom. The third-order valence-corrected chi connectivity index (χ3v) is 1.95. The van der Waals surface area contributed by atoms with Crippen LogP contribution in [0.2, 0.25) is 0 Å². The highest BCUT2D eigenvalue weighted by Crippen LogP contribution is 2.16. The van der Waals surface area contributed by atoms with E-state index in [2.05, 4.69) is 4.74 Å². The van der Waals surface area contributed by atoms with Crippen LogP contribution >= 0.6 is 0 Å². The van der Waals surface area contributed by atoms with Gasteiger partial charge in [0.1, 0.15) is 6.54 Å². The SMILES string of the molecule is CCOC(=O)C(O)(CC)C(=O)NCC(F)(F)F. The van der Waals surface area contributed by atoms with E-state index in [-0.39, 0.29) is 13.0 Å². The summed E-state index contributed by atoms with van der Waals surface area (Å²) in [6, 6.07) is 0. The van der Waals surface area contributed by atoms with Crippen LogP contribution in [0.25, 0.3) is 0 Å². The smallest absolute Gasteiger partial charge is 0.405 e. The molecule has 0 aromatic rings. The van der Waals surface area contributed by atoms with Crippen molar-refractivity contribution >= 4 is 11.9 Å². The minimum atomic E-state index is -4.61. The van der Waals surface area contributed by atoms with E-state index in [4.69, 9.17) is 0 Å². The summed E-state index contributed by atoms with van der Waals surface area (Å²) in [5.74, 6) is -2.68. The molecule has 0 rings (SSSR count). The minimum absolute atomic E-state index is 0.0896. The average Bonchev–Trinajstić information content (AvgIpc) is 2.23. The number of halogens is 3. The summed E-state index contributed by atoms with van der Waals surface area (Å²) in [5, 5.41) is 11.1. The van der Waals surface area contributed by atoms with Gasteiger partial charge in [-0.3, -0.25) is 4.79 Å². The fraction of sp³-hybridized carbons (Fsp3) is 0.778. The van der Waals surface area contributed by atoms with Gasteiger partial charge in [0.2, 0.25) is 5.60 Å². The second kappa shape index (κ2) is 5.85. The lowest BCUT2D eigenvalue weighted by Gasteiger charge is -2.23. The van der Waals surface area contributed by atoms with Gasteiger partial charge in [-0.15, -0.1) is 0 Å². The number of amides is 1. The van der Waals surface area contributed by atoms with Crippen molar-refractivity contribution in [3.63, 3.8) is 0 Å². The fourth-order valence-corrected chi connectivity index (χ4v) is 0.975. The first-order valence-electron chi connectivity index (χ1n) is 4.92. The number of hydrogen-bond acceptors (Lipinski definition) is 4. The quantitative estimate of drug-likeness (QED) is 0.551. The molecule has 0 aliphatic carbocycles. The Kier molecular flexibility index (Phi) is 5.40. The summed E-state index contributed by atoms with van der Waals surface area (Å²) >= 11 is 0. The molecule has 0 aromatic heterocycles. The van der Waals surface area contributed by atoms with E-state index in [1.54, 1.807) is 0 Å². The van der Waals surface area contributed by atoms with E-state index < -0.39 is 30.2 Å². The maximum Gasteiger partial charge on any atom is 0.405 e. The van der Waals surface area contributed by atoms with Crippen LogP contribution in [0.3, 0.4) is 0 Å². The zero-order valence-electron chi connectivity index (χ0n) is 9.43. The lowest BCUT2D eigenvalue weighted by molar-refractivity contribution is -0.174. The van der Waals surface area contributed by atoms with Crippen molar-refractivity contribution in [1.82, 2.24) is 5.32 Å². The minimum Gasteiger partial charge on any atom is -0.463 e. The number of carbonyl (C=O) groups excluding carboxylic acids is 2. The number of aliphatic hydroxyl groups is 1. The third-order valence-electron chi connectivity index (χ3n) is 1.95. The maximum absolute atomic E-state index is 11.8. The summed E-state index contributed by atoms with van der Waals surface area (Å²) in [6.07, 6.45) is -4.99. The predicted octanol–water partition coefficient (Wildman–Crippen LogP) is 0.369. The fourth-order valence-electron chi connectivity index (χ4n) is 0.975. The van der Waals surface area contributed by atoms with Gasteiger partial charge in [-0.05, 0) is 13.3 Å². The Morgan fingerprint density at radius 3 is 2.18 bits per heavy atom. The van der Waals surface area contributed by atoms with Crippen LogP contribution in [0.15, 0.2) is 0 Å². The van der Waals surface area contributed by atoms with Gasteiger partial charge in [0, 0.05) is 0 Å². The molecule has 0 saturated heterocycles. The normalized spacial score (nSPS) is 14.9. The van der Waals surface area contributed by atoms with Crippen LogP contribution in [-0.2, 0) is 14.3 Å². The highest BCUT2D eigenvalue weighted by molar-refractivity contribution is 6.05. The summed E-state index contributed by atoms with van der Waals surface area (Å²) in [7, 11) is 0. The number of alkyl halides is 3. The topological polar surface area (TPSA) is 75.6 Å². The second-order valence-electron chi connectivity index (χ2n) is 3.23. The van der Waals surface area contributed by atoms with Gasteiger partial charge >= 0.3 is 12.1 Å². The summed E-state index contributed by atoms with van der Waals surface area (Å²) in [6.45, 7) is 1.02. The van der Waals surface area contributed by atoms with E-state index in [9.17, 15) is 27.9 Å². The summed E-state index contributed by atoms with van der Waals surface area (Å²) in [4.78, 5) is 22.5. The molecule has 0 saturated carbocycles. The maximum atomic E-state index is 11.8. The Labute approximate surface area is 95.9 Å². The first-order valence-corrected chi connectivity index (χ1v) is 4.92. The Bertz CT molecular complexity index is 292. The number of rotatable bonds is 5. The molecule has 0 aromatic carbocycles. The van der Waals surface area contributed by atoms with Gasteiger partial charge in [0.05, 0.1) is 6.61 Å². The standard InChI is InChI=1S/C9H14F3NO4/c1-3-8(16,7(15)17-4-2)6(14)13-5-9(10,11)12/h16H,3-5H2,1-2H3,(H,13,14). The zero-order valence-corrected chi connectivity index (χ0v) is 9.43. The molecule has 17 heavy (non-hydrogen) atoms. The largest absolute Gasteiger partial charge is 0.463 e. The van der Waals surface area contributed by atoms with E-state index in [1.807, 2.05) is 0 Å². The van der Waals surface area contributed by atoms with Crippen molar-refractivity contribution in [3.8, 4) is 0 Å². The van der Waals surface area contributed by atoms with Crippen LogP contribution in [0, 0.1) is 0 Å². The molecule has 1 unspecified atom stereocenters. The van der Waals surface area contributed by atoms with Crippen LogP contribution in [-0.4, -0.2) is 41.9 Å². The zero-order chi connectivity index (χ0) is 13.7. The van der Waals surface area contributed by atoms with Crippen molar-refractivity contribution in [2.75, 3.05) is 13.2 Å². The lowest BCUT2D eigenvalue weighted by Crippen LogP contribution is -2.54. The van der Waals surface area contributed by atoms with Crippen molar-refractivity contribution in [1.29, 1.82) is 0 Å². The van der Waals surface area contributed by atoms with Gasteiger partial charge in [0.25, 0.3) is 5.91 Å². The monoisotopic (exact) mass is 257 g/mol. The first kappa shape index (κ1) is 15.7. The molecule has 0 bridgehead atoms. The number of hydrogen-bond donors (Lipinski definition) is 2. The van der Waals surface area contributed by atoms with Crippen molar-refractivity contribution in [2.24, 2.45) is 0 Å². The molecule has 2 N–H and O–H groups in total. The molecular formula is C9H14F3NO4. The third kappa shape index (κ3) is 4.59. The molecule has 1 atom stereocenters. The van der Waals surface area contributed by atoms with Gasteiger partial charge in [-0.25, -0.2) is 4.79 Å². The van der Waals surface area contributed by atoms with Crippen molar-refractivity contribution < 1.29 is 32.6 Å². The molecule has 0 heterocycles. The van der Waals surface area contributed by atoms with E-state index >= 15 is 0 Å². The summed E-state index contributed by atoms with van der Waals surface area (Å²) < 4.78 is 40.0. The number of esters is 1. The van der Waals surface area contributed by atoms with Gasteiger partial charge in [0.15, 0.2) is 0 Å². The molecule has 0 spiro atoms. The van der Waals surface area contributed by atoms with E-state index in [0.717, 1.165) is 0 Å². The Hall–Kier alpha value is -1.31. The van der Waals surface area contributed by atoms with Crippen LogP contribution in [0.4, 0.5) is 13.2 Å². The second-order valence-corrected chi connectivity index (χ2v) is 3.23. The van der Waals surface area contributed by atoms with Crippen molar-refractivity contribution in [3.05, 3.63) is 0 Å². The number of carbonyl (C=O) groups is 2. The van der Waals surface area contributed by atoms with Crippen molar-refractivity contribution in [2.45, 2.75) is 32.0 Å². The van der Waals surface area contributed by atoms with Crippen LogP contribution in [0.5, 0.6) is 0 Å². The average molecular weight is 257 g/mol. The first-order chi connectivity index (χ1) is 7.67. The molecule has 0 aliphatic rings. The van der Waals surface area contributed by atoms with Crippen LogP contribution < -0.4 is 5.32 Å². The highest BCUT2D eigenvalue weighted by Gasteiger charge is 2.45. The van der Waals surface area contributed by atoms with Gasteiger partial charge in [-0.1, -0.05) is 6.92 Å². The Morgan fingerprint density at radius 1 is 1.29 bits per heavy atom. The van der Waals surface area contributed by atoms with Gasteiger partial charge in [-0.2, -0.15) is 13.2 Å². The lowest BCUT2D eigenvalue weighted by atomic mass is 10.00. The number of nitrogens with one attached hydrogen (secondary N) is 1. The van der Waals surface area contributed by atoms with E-state index in [1.165, 1.54) is 19.2 Å². The van der Waals surface area contributed by atoms with Crippen LogP contribution in [0.1, 0.15) is 20.3 Å². The van der Waals surface area contributed by atoms with E-state index in [0.29, 0.717) is 0 Å². The molecule has 8 heteroatoms. The molecule has 0 radical (unpaired) electrons. The highest BCUT2D eigenvalue weighted by atomic mass is 19.4. The molecule has 5 nitrogen and oxygen atoms in total. The predicted molar refractivity (Wildman–Crippen MR) is 50.9 cm³/mol. The molecule has 1 amide bonds. The molecule has 0 fully saturated rings. The summed E-state index contributed by atoms with van der Waals surface area (Å²) in [5.41, 5.74) is -2.58. The van der Waals surface area contributed by atoms with Gasteiger partial charge < -0.3 is 15.2 Å². The molecule has 0 aliphatic heterocycles.